The predicted molar refractivity (Wildman–Crippen MR) is 71.6 cm³/mol. The van der Waals surface area contributed by atoms with E-state index < -0.39 is 23.6 Å². The number of halogens is 3. The van der Waals surface area contributed by atoms with Crippen molar-refractivity contribution in [2.45, 2.75) is 46.1 Å². The summed E-state index contributed by atoms with van der Waals surface area (Å²) in [4.78, 5) is 0. The Morgan fingerprint density at radius 2 is 1.75 bits per heavy atom. The van der Waals surface area contributed by atoms with Gasteiger partial charge in [-0.2, -0.15) is 0 Å². The summed E-state index contributed by atoms with van der Waals surface area (Å²) in [7, 11) is 0. The molecule has 0 aromatic heterocycles. The molecule has 0 heterocycles. The molecular weight excluding hydrogens is 265 g/mol. The van der Waals surface area contributed by atoms with Gasteiger partial charge in [0.05, 0.1) is 6.10 Å². The van der Waals surface area contributed by atoms with Crippen molar-refractivity contribution < 1.29 is 18.3 Å². The molecule has 0 radical (unpaired) electrons. The van der Waals surface area contributed by atoms with Crippen LogP contribution in [0, 0.1) is 34.7 Å². The number of benzene rings is 1. The second kappa shape index (κ2) is 5.40. The van der Waals surface area contributed by atoms with Gasteiger partial charge in [-0.25, -0.2) is 13.2 Å². The highest BCUT2D eigenvalue weighted by molar-refractivity contribution is 5.23. The first-order chi connectivity index (χ1) is 9.24. The van der Waals surface area contributed by atoms with Crippen molar-refractivity contribution in [3.05, 3.63) is 35.1 Å². The normalized spacial score (nSPS) is 27.4. The molecule has 1 aliphatic carbocycles. The molecule has 0 saturated heterocycles. The average Bonchev–Trinajstić information content (AvgIpc) is 2.33. The average molecular weight is 286 g/mol. The highest BCUT2D eigenvalue weighted by Gasteiger charge is 2.41. The van der Waals surface area contributed by atoms with E-state index in [0.29, 0.717) is 0 Å². The fourth-order valence-corrected chi connectivity index (χ4v) is 3.69. The Balaban J connectivity index is 2.37. The summed E-state index contributed by atoms with van der Waals surface area (Å²) >= 11 is 0. The molecule has 2 rings (SSSR count). The Hall–Kier alpha value is -1.03. The third-order valence-corrected chi connectivity index (χ3v) is 4.68. The van der Waals surface area contributed by atoms with E-state index >= 15 is 0 Å². The van der Waals surface area contributed by atoms with Gasteiger partial charge in [-0.15, -0.1) is 0 Å². The lowest BCUT2D eigenvalue weighted by Crippen LogP contribution is -2.38. The monoisotopic (exact) mass is 286 g/mol. The number of aliphatic hydroxyl groups excluding tert-OH is 1. The van der Waals surface area contributed by atoms with Crippen LogP contribution in [0.25, 0.3) is 0 Å². The minimum Gasteiger partial charge on any atom is -0.388 e. The number of aliphatic hydroxyl groups is 1. The first-order valence-electron chi connectivity index (χ1n) is 7.06. The van der Waals surface area contributed by atoms with E-state index in [0.717, 1.165) is 31.4 Å². The maximum absolute atomic E-state index is 13.3. The van der Waals surface area contributed by atoms with Crippen molar-refractivity contribution >= 4 is 0 Å². The lowest BCUT2D eigenvalue weighted by atomic mass is 9.61. The minimum atomic E-state index is -1.49. The fraction of sp³-hybridized carbons (Fsp3) is 0.625. The van der Waals surface area contributed by atoms with E-state index in [1.807, 2.05) is 6.92 Å². The number of hydrogen-bond acceptors (Lipinski definition) is 1. The Morgan fingerprint density at radius 1 is 1.20 bits per heavy atom. The summed E-state index contributed by atoms with van der Waals surface area (Å²) in [5.74, 6) is -3.83. The molecule has 1 N–H and O–H groups in total. The van der Waals surface area contributed by atoms with Gasteiger partial charge in [-0.05, 0) is 41.4 Å². The molecule has 1 saturated carbocycles. The van der Waals surface area contributed by atoms with E-state index in [2.05, 4.69) is 13.8 Å². The van der Waals surface area contributed by atoms with Crippen molar-refractivity contribution in [2.75, 3.05) is 0 Å². The SMILES string of the molecule is C[C@H]1CCCC(C)(C)[C@@H]1[C@@H](O)c1cc(F)c(F)c(F)c1. The first-order valence-corrected chi connectivity index (χ1v) is 7.06. The second-order valence-corrected chi connectivity index (χ2v) is 6.63. The summed E-state index contributed by atoms with van der Waals surface area (Å²) in [5.41, 5.74) is 0.00605. The van der Waals surface area contributed by atoms with Crippen molar-refractivity contribution in [3.63, 3.8) is 0 Å². The van der Waals surface area contributed by atoms with E-state index in [4.69, 9.17) is 0 Å². The summed E-state index contributed by atoms with van der Waals surface area (Å²) in [6.45, 7) is 6.17. The van der Waals surface area contributed by atoms with Gasteiger partial charge in [0.1, 0.15) is 0 Å². The Kier molecular flexibility index (Phi) is 4.14. The first kappa shape index (κ1) is 15.4. The highest BCUT2D eigenvalue weighted by atomic mass is 19.2. The van der Waals surface area contributed by atoms with E-state index in [1.54, 1.807) is 0 Å². The van der Waals surface area contributed by atoms with Gasteiger partial charge < -0.3 is 5.11 Å². The minimum absolute atomic E-state index is 0.0967. The van der Waals surface area contributed by atoms with E-state index in [-0.39, 0.29) is 22.8 Å². The van der Waals surface area contributed by atoms with Crippen LogP contribution in [0.15, 0.2) is 12.1 Å². The Morgan fingerprint density at radius 3 is 2.25 bits per heavy atom. The highest BCUT2D eigenvalue weighted by Crippen LogP contribution is 2.49. The van der Waals surface area contributed by atoms with Crippen LogP contribution in [0.4, 0.5) is 13.2 Å². The zero-order chi connectivity index (χ0) is 15.1. The molecule has 0 spiro atoms. The molecule has 1 aromatic carbocycles. The van der Waals surface area contributed by atoms with Gasteiger partial charge in [-0.3, -0.25) is 0 Å². The Bertz CT molecular complexity index is 475. The van der Waals surface area contributed by atoms with Crippen molar-refractivity contribution in [1.29, 1.82) is 0 Å². The standard InChI is InChI=1S/C16H21F3O/c1-9-5-4-6-16(2,3)13(9)15(20)10-7-11(17)14(19)12(18)8-10/h7-9,13,15,20H,4-6H2,1-3H3/t9-,13-,15-/m0/s1. The predicted octanol–water partition coefficient (Wildman–Crippen LogP) is 4.60. The maximum Gasteiger partial charge on any atom is 0.194 e. The quantitative estimate of drug-likeness (QED) is 0.788. The molecule has 20 heavy (non-hydrogen) atoms. The molecule has 1 aliphatic rings. The lowest BCUT2D eigenvalue weighted by molar-refractivity contribution is -0.0296. The molecule has 1 aromatic rings. The number of rotatable bonds is 2. The summed E-state index contributed by atoms with van der Waals surface area (Å²) in [6.07, 6.45) is 2.05. The largest absolute Gasteiger partial charge is 0.388 e. The molecule has 1 nitrogen and oxygen atoms in total. The summed E-state index contributed by atoms with van der Waals surface area (Å²) in [5, 5.41) is 10.5. The van der Waals surface area contributed by atoms with Crippen LogP contribution >= 0.6 is 0 Å². The smallest absolute Gasteiger partial charge is 0.194 e. The second-order valence-electron chi connectivity index (χ2n) is 6.63. The van der Waals surface area contributed by atoms with Gasteiger partial charge in [0, 0.05) is 0 Å². The van der Waals surface area contributed by atoms with Crippen LogP contribution < -0.4 is 0 Å². The number of hydrogen-bond donors (Lipinski definition) is 1. The van der Waals surface area contributed by atoms with Crippen LogP contribution in [-0.4, -0.2) is 5.11 Å². The van der Waals surface area contributed by atoms with Gasteiger partial charge in [0.2, 0.25) is 0 Å². The van der Waals surface area contributed by atoms with Crippen LogP contribution in [0.5, 0.6) is 0 Å². The third-order valence-electron chi connectivity index (χ3n) is 4.68. The van der Waals surface area contributed by atoms with Crippen LogP contribution in [-0.2, 0) is 0 Å². The molecule has 0 aliphatic heterocycles. The van der Waals surface area contributed by atoms with E-state index in [9.17, 15) is 18.3 Å². The van der Waals surface area contributed by atoms with Gasteiger partial charge in [-0.1, -0.05) is 33.6 Å². The topological polar surface area (TPSA) is 20.2 Å². The van der Waals surface area contributed by atoms with Crippen molar-refractivity contribution in [2.24, 2.45) is 17.3 Å². The van der Waals surface area contributed by atoms with E-state index in [1.165, 1.54) is 0 Å². The van der Waals surface area contributed by atoms with Gasteiger partial charge in [0.15, 0.2) is 17.5 Å². The van der Waals surface area contributed by atoms with Crippen LogP contribution in [0.2, 0.25) is 0 Å². The van der Waals surface area contributed by atoms with Crippen molar-refractivity contribution in [1.82, 2.24) is 0 Å². The molecule has 1 fully saturated rings. The molecule has 0 amide bonds. The van der Waals surface area contributed by atoms with Gasteiger partial charge in [0.25, 0.3) is 0 Å². The van der Waals surface area contributed by atoms with Crippen LogP contribution in [0.3, 0.4) is 0 Å². The Labute approximate surface area is 117 Å². The molecule has 0 bridgehead atoms. The zero-order valence-corrected chi connectivity index (χ0v) is 12.1. The van der Waals surface area contributed by atoms with Gasteiger partial charge >= 0.3 is 0 Å². The molecular formula is C16H21F3O. The molecule has 0 unspecified atom stereocenters. The molecule has 112 valence electrons. The van der Waals surface area contributed by atoms with Crippen molar-refractivity contribution in [3.8, 4) is 0 Å². The summed E-state index contributed by atoms with van der Waals surface area (Å²) in [6, 6.07) is 1.81. The van der Waals surface area contributed by atoms with Crippen LogP contribution in [0.1, 0.15) is 51.7 Å². The third kappa shape index (κ3) is 2.71. The maximum atomic E-state index is 13.3. The molecule has 3 atom stereocenters. The zero-order valence-electron chi connectivity index (χ0n) is 12.1. The summed E-state index contributed by atoms with van der Waals surface area (Å²) < 4.78 is 39.7. The fourth-order valence-electron chi connectivity index (χ4n) is 3.69. The molecule has 4 heteroatoms. The lowest BCUT2D eigenvalue weighted by Gasteiger charge is -2.45.